The number of nitrogens with one attached hydrogen (secondary N) is 1. The van der Waals surface area contributed by atoms with Gasteiger partial charge in [-0.1, -0.05) is 0 Å². The van der Waals surface area contributed by atoms with Crippen molar-refractivity contribution in [2.24, 2.45) is 0 Å². The number of aromatic nitrogens is 3. The van der Waals surface area contributed by atoms with Gasteiger partial charge in [0.25, 0.3) is 0 Å². The second-order valence-corrected chi connectivity index (χ2v) is 8.39. The molecule has 1 aliphatic rings. The SMILES string of the molecule is COc1cc(-c2cnn3ccc(Nc4ccc(N5CCCCC5)cc4)nc23)cc(C)c1OC. The molecule has 0 atom stereocenters. The van der Waals surface area contributed by atoms with E-state index in [0.717, 1.165) is 52.7 Å². The molecular weight excluding hydrogens is 414 g/mol. The van der Waals surface area contributed by atoms with Gasteiger partial charge in [-0.05, 0) is 79.8 Å². The number of benzene rings is 2. The molecule has 0 bridgehead atoms. The van der Waals surface area contributed by atoms with E-state index in [2.05, 4.69) is 45.6 Å². The molecular formula is C26H29N5O2. The van der Waals surface area contributed by atoms with Crippen molar-refractivity contribution in [1.82, 2.24) is 14.6 Å². The summed E-state index contributed by atoms with van der Waals surface area (Å²) in [4.78, 5) is 7.31. The third-order valence-corrected chi connectivity index (χ3v) is 6.21. The van der Waals surface area contributed by atoms with Crippen molar-refractivity contribution in [2.45, 2.75) is 26.2 Å². The van der Waals surface area contributed by atoms with Gasteiger partial charge < -0.3 is 19.7 Å². The fraction of sp³-hybridized carbons (Fsp3) is 0.308. The first-order valence-corrected chi connectivity index (χ1v) is 11.4. The van der Waals surface area contributed by atoms with Gasteiger partial charge in [0.05, 0.1) is 20.4 Å². The highest BCUT2D eigenvalue weighted by molar-refractivity contribution is 5.80. The van der Waals surface area contributed by atoms with Crippen LogP contribution in [0.15, 0.2) is 54.9 Å². The van der Waals surface area contributed by atoms with E-state index in [0.29, 0.717) is 5.75 Å². The molecule has 7 nitrogen and oxygen atoms in total. The summed E-state index contributed by atoms with van der Waals surface area (Å²) >= 11 is 0. The Kier molecular flexibility index (Phi) is 5.77. The van der Waals surface area contributed by atoms with Crippen LogP contribution in [0, 0.1) is 6.92 Å². The number of rotatable bonds is 6. The summed E-state index contributed by atoms with van der Waals surface area (Å²) < 4.78 is 12.8. The molecule has 33 heavy (non-hydrogen) atoms. The number of ether oxygens (including phenoxy) is 2. The Hall–Kier alpha value is -3.74. The molecule has 0 amide bonds. The summed E-state index contributed by atoms with van der Waals surface area (Å²) in [6, 6.07) is 14.6. The molecule has 0 aliphatic carbocycles. The van der Waals surface area contributed by atoms with Gasteiger partial charge in [0.15, 0.2) is 17.1 Å². The first-order valence-electron chi connectivity index (χ1n) is 11.4. The first kappa shape index (κ1) is 21.1. The largest absolute Gasteiger partial charge is 0.493 e. The van der Waals surface area contributed by atoms with Gasteiger partial charge in [-0.2, -0.15) is 5.10 Å². The summed E-state index contributed by atoms with van der Waals surface area (Å²) in [5, 5.41) is 7.91. The van der Waals surface area contributed by atoms with Gasteiger partial charge in [-0.25, -0.2) is 9.50 Å². The van der Waals surface area contributed by atoms with E-state index in [1.807, 2.05) is 31.5 Å². The minimum Gasteiger partial charge on any atom is -0.493 e. The highest BCUT2D eigenvalue weighted by Crippen LogP contribution is 2.37. The molecule has 1 fully saturated rings. The Morgan fingerprint density at radius 2 is 1.73 bits per heavy atom. The summed E-state index contributed by atoms with van der Waals surface area (Å²) in [7, 11) is 3.30. The molecule has 5 rings (SSSR count). The van der Waals surface area contributed by atoms with Crippen LogP contribution in [0.5, 0.6) is 11.5 Å². The third kappa shape index (κ3) is 4.18. The highest BCUT2D eigenvalue weighted by atomic mass is 16.5. The molecule has 3 heterocycles. The van der Waals surface area contributed by atoms with E-state index in [1.54, 1.807) is 18.7 Å². The maximum atomic E-state index is 5.54. The van der Waals surface area contributed by atoms with Crippen LogP contribution in [0.3, 0.4) is 0 Å². The van der Waals surface area contributed by atoms with Crippen molar-refractivity contribution in [3.63, 3.8) is 0 Å². The number of anilines is 3. The average molecular weight is 444 g/mol. The Balaban J connectivity index is 1.42. The van der Waals surface area contributed by atoms with Crippen molar-refractivity contribution in [2.75, 3.05) is 37.5 Å². The zero-order chi connectivity index (χ0) is 22.8. The van der Waals surface area contributed by atoms with Gasteiger partial charge in [-0.15, -0.1) is 0 Å². The Morgan fingerprint density at radius 1 is 0.939 bits per heavy atom. The molecule has 2 aromatic carbocycles. The molecule has 0 radical (unpaired) electrons. The van der Waals surface area contributed by atoms with Crippen LogP contribution in [0.4, 0.5) is 17.2 Å². The number of aryl methyl sites for hydroxylation is 1. The van der Waals surface area contributed by atoms with E-state index in [-0.39, 0.29) is 0 Å². The summed E-state index contributed by atoms with van der Waals surface area (Å²) in [6.45, 7) is 4.29. The number of hydrogen-bond acceptors (Lipinski definition) is 6. The normalized spacial score (nSPS) is 13.8. The van der Waals surface area contributed by atoms with Crippen LogP contribution < -0.4 is 19.7 Å². The van der Waals surface area contributed by atoms with Crippen LogP contribution in [-0.4, -0.2) is 41.9 Å². The van der Waals surface area contributed by atoms with Crippen LogP contribution in [0.25, 0.3) is 16.8 Å². The molecule has 1 N–H and O–H groups in total. The highest BCUT2D eigenvalue weighted by Gasteiger charge is 2.15. The smallest absolute Gasteiger partial charge is 0.165 e. The third-order valence-electron chi connectivity index (χ3n) is 6.21. The van der Waals surface area contributed by atoms with Gasteiger partial charge in [0.2, 0.25) is 0 Å². The fourth-order valence-electron chi connectivity index (χ4n) is 4.51. The Labute approximate surface area is 194 Å². The molecule has 1 aliphatic heterocycles. The minimum absolute atomic E-state index is 0.690. The van der Waals surface area contributed by atoms with Crippen molar-refractivity contribution in [3.8, 4) is 22.6 Å². The number of nitrogens with zero attached hydrogens (tertiary/aromatic N) is 4. The zero-order valence-electron chi connectivity index (χ0n) is 19.3. The second-order valence-electron chi connectivity index (χ2n) is 8.39. The predicted molar refractivity (Wildman–Crippen MR) is 132 cm³/mol. The molecule has 2 aromatic heterocycles. The predicted octanol–water partition coefficient (Wildman–Crippen LogP) is 5.46. The van der Waals surface area contributed by atoms with Gasteiger partial charge >= 0.3 is 0 Å². The van der Waals surface area contributed by atoms with E-state index < -0.39 is 0 Å². The van der Waals surface area contributed by atoms with Crippen molar-refractivity contribution >= 4 is 22.8 Å². The van der Waals surface area contributed by atoms with Gasteiger partial charge in [-0.3, -0.25) is 0 Å². The van der Waals surface area contributed by atoms with Crippen molar-refractivity contribution in [1.29, 1.82) is 0 Å². The summed E-state index contributed by atoms with van der Waals surface area (Å²) in [5.41, 5.74) is 5.98. The monoisotopic (exact) mass is 443 g/mol. The lowest BCUT2D eigenvalue weighted by Crippen LogP contribution is -2.29. The van der Waals surface area contributed by atoms with Crippen molar-refractivity contribution < 1.29 is 9.47 Å². The number of fused-ring (bicyclic) bond motifs is 1. The summed E-state index contributed by atoms with van der Waals surface area (Å²) in [6.07, 6.45) is 7.64. The Morgan fingerprint density at radius 3 is 2.45 bits per heavy atom. The second kappa shape index (κ2) is 9.02. The number of hydrogen-bond donors (Lipinski definition) is 1. The van der Waals surface area contributed by atoms with Crippen molar-refractivity contribution in [3.05, 3.63) is 60.4 Å². The maximum Gasteiger partial charge on any atom is 0.165 e. The first-order chi connectivity index (χ1) is 16.2. The lowest BCUT2D eigenvalue weighted by atomic mass is 10.0. The fourth-order valence-corrected chi connectivity index (χ4v) is 4.51. The maximum absolute atomic E-state index is 5.54. The lowest BCUT2D eigenvalue weighted by molar-refractivity contribution is 0.353. The Bertz CT molecular complexity index is 1260. The van der Waals surface area contributed by atoms with Gasteiger partial charge in [0, 0.05) is 36.2 Å². The van der Waals surface area contributed by atoms with Gasteiger partial charge in [0.1, 0.15) is 5.82 Å². The standard InChI is InChI=1S/C26H29N5O2/c1-18-15-19(16-23(32-2)25(18)33-3)22-17-27-31-14-11-24(29-26(22)31)28-20-7-9-21(10-8-20)30-12-5-4-6-13-30/h7-11,14-17H,4-6,12-13H2,1-3H3,(H,28,29). The molecule has 1 saturated heterocycles. The number of methoxy groups -OCH3 is 2. The van der Waals surface area contributed by atoms with Crippen LogP contribution in [-0.2, 0) is 0 Å². The molecule has 7 heteroatoms. The van der Waals surface area contributed by atoms with E-state index in [1.165, 1.54) is 24.9 Å². The van der Waals surface area contributed by atoms with E-state index in [9.17, 15) is 0 Å². The van der Waals surface area contributed by atoms with Crippen LogP contribution in [0.2, 0.25) is 0 Å². The lowest BCUT2D eigenvalue weighted by Gasteiger charge is -2.28. The molecule has 0 saturated carbocycles. The van der Waals surface area contributed by atoms with E-state index >= 15 is 0 Å². The molecule has 0 unspecified atom stereocenters. The van der Waals surface area contributed by atoms with Crippen LogP contribution in [0.1, 0.15) is 24.8 Å². The number of piperidine rings is 1. The quantitative estimate of drug-likeness (QED) is 0.427. The molecule has 170 valence electrons. The topological polar surface area (TPSA) is 63.9 Å². The zero-order valence-corrected chi connectivity index (χ0v) is 19.3. The molecule has 4 aromatic rings. The molecule has 0 spiro atoms. The van der Waals surface area contributed by atoms with E-state index in [4.69, 9.17) is 14.5 Å². The average Bonchev–Trinajstić information content (AvgIpc) is 3.28. The summed E-state index contributed by atoms with van der Waals surface area (Å²) in [5.74, 6) is 2.20. The van der Waals surface area contributed by atoms with Crippen LogP contribution >= 0.6 is 0 Å². The minimum atomic E-state index is 0.690.